The van der Waals surface area contributed by atoms with Crippen LogP contribution in [0.1, 0.15) is 18.4 Å². The van der Waals surface area contributed by atoms with Gasteiger partial charge in [-0.1, -0.05) is 6.92 Å². The van der Waals surface area contributed by atoms with Crippen LogP contribution in [0.3, 0.4) is 0 Å². The molecule has 0 radical (unpaired) electrons. The largest absolute Gasteiger partial charge is 0.464 e. The van der Waals surface area contributed by atoms with Crippen molar-refractivity contribution in [2.45, 2.75) is 19.2 Å². The highest BCUT2D eigenvalue weighted by Crippen LogP contribution is 2.14. The summed E-state index contributed by atoms with van der Waals surface area (Å²) in [5, 5.41) is 3.05. The summed E-state index contributed by atoms with van der Waals surface area (Å²) < 4.78 is 5.54. The highest BCUT2D eigenvalue weighted by Gasteiger charge is 1.99. The molecule has 1 aromatic rings. The lowest BCUT2D eigenvalue weighted by molar-refractivity contribution is 0.469. The molecule has 1 heterocycles. The number of rotatable bonds is 5. The molecule has 1 aromatic heterocycles. The first-order chi connectivity index (χ1) is 5.86. The second-order valence-electron chi connectivity index (χ2n) is 2.54. The predicted molar refractivity (Wildman–Crippen MR) is 58.3 cm³/mol. The van der Waals surface area contributed by atoms with Gasteiger partial charge in [-0.2, -0.15) is 11.8 Å². The molecule has 3 nitrogen and oxygen atoms in total. The standard InChI is InChI=1S/C9H15NOS.H3N/c1-3-12-7-9-5-4-8(11-9)6-10-2;/h4-5,10H,3,6-7H2,1-2H3;1H3. The summed E-state index contributed by atoms with van der Waals surface area (Å²) in [6, 6.07) is 4.08. The van der Waals surface area contributed by atoms with Crippen molar-refractivity contribution in [3.05, 3.63) is 23.7 Å². The third-order valence-corrected chi connectivity index (χ3v) is 2.41. The van der Waals surface area contributed by atoms with E-state index in [1.807, 2.05) is 24.9 Å². The fourth-order valence-corrected chi connectivity index (χ4v) is 1.53. The summed E-state index contributed by atoms with van der Waals surface area (Å²) >= 11 is 1.88. The Hall–Kier alpha value is -0.450. The van der Waals surface area contributed by atoms with Gasteiger partial charge in [0.25, 0.3) is 0 Å². The lowest BCUT2D eigenvalue weighted by Gasteiger charge is -1.95. The molecule has 0 saturated heterocycles. The first-order valence-electron chi connectivity index (χ1n) is 4.16. The fraction of sp³-hybridized carbons (Fsp3) is 0.556. The van der Waals surface area contributed by atoms with Crippen LogP contribution < -0.4 is 11.5 Å². The Bertz CT molecular complexity index is 225. The molecular formula is C9H18N2OS. The third kappa shape index (κ3) is 4.36. The van der Waals surface area contributed by atoms with Crippen LogP contribution in [-0.2, 0) is 12.3 Å². The lowest BCUT2D eigenvalue weighted by Crippen LogP contribution is -2.03. The smallest absolute Gasteiger partial charge is 0.117 e. The number of hydrogen-bond acceptors (Lipinski definition) is 4. The van der Waals surface area contributed by atoms with Gasteiger partial charge < -0.3 is 15.9 Å². The highest BCUT2D eigenvalue weighted by molar-refractivity contribution is 7.98. The van der Waals surface area contributed by atoms with Crippen LogP contribution in [0.4, 0.5) is 0 Å². The molecule has 0 aromatic carbocycles. The first-order valence-corrected chi connectivity index (χ1v) is 5.32. The zero-order valence-corrected chi connectivity index (χ0v) is 9.12. The molecule has 1 rings (SSSR count). The molecular weight excluding hydrogens is 184 g/mol. The Morgan fingerprint density at radius 2 is 2.08 bits per heavy atom. The van der Waals surface area contributed by atoms with E-state index < -0.39 is 0 Å². The summed E-state index contributed by atoms with van der Waals surface area (Å²) in [6.45, 7) is 2.97. The summed E-state index contributed by atoms with van der Waals surface area (Å²) in [5.74, 6) is 4.22. The van der Waals surface area contributed by atoms with E-state index in [2.05, 4.69) is 18.3 Å². The Kier molecular flexibility index (Phi) is 6.76. The Morgan fingerprint density at radius 1 is 1.38 bits per heavy atom. The van der Waals surface area contributed by atoms with Gasteiger partial charge in [-0.25, -0.2) is 0 Å². The van der Waals surface area contributed by atoms with Crippen molar-refractivity contribution in [3.8, 4) is 0 Å². The van der Waals surface area contributed by atoms with Crippen LogP contribution >= 0.6 is 11.8 Å². The van der Waals surface area contributed by atoms with Gasteiger partial charge in [-0.3, -0.25) is 0 Å². The minimum absolute atomic E-state index is 0. The Morgan fingerprint density at radius 3 is 2.69 bits per heavy atom. The summed E-state index contributed by atoms with van der Waals surface area (Å²) in [7, 11) is 1.92. The van der Waals surface area contributed by atoms with Crippen LogP contribution in [0, 0.1) is 0 Å². The van der Waals surface area contributed by atoms with Crippen LogP contribution in [0.25, 0.3) is 0 Å². The number of nitrogens with one attached hydrogen (secondary N) is 1. The van der Waals surface area contributed by atoms with E-state index in [0.29, 0.717) is 0 Å². The first kappa shape index (κ1) is 12.6. The number of furan rings is 1. The van der Waals surface area contributed by atoms with Crippen molar-refractivity contribution in [2.24, 2.45) is 0 Å². The Balaban J connectivity index is 0.00000144. The SMILES string of the molecule is CCSCc1ccc(CNC)o1.N. The molecule has 0 bridgehead atoms. The van der Waals surface area contributed by atoms with E-state index in [9.17, 15) is 0 Å². The van der Waals surface area contributed by atoms with Crippen LogP contribution in [0.2, 0.25) is 0 Å². The molecule has 0 aliphatic rings. The van der Waals surface area contributed by atoms with Crippen LogP contribution in [0.15, 0.2) is 16.5 Å². The van der Waals surface area contributed by atoms with E-state index in [4.69, 9.17) is 4.42 Å². The number of hydrogen-bond donors (Lipinski definition) is 2. The second-order valence-corrected chi connectivity index (χ2v) is 3.81. The van der Waals surface area contributed by atoms with Gasteiger partial charge in [0.2, 0.25) is 0 Å². The predicted octanol–water partition coefficient (Wildman–Crippen LogP) is 2.41. The summed E-state index contributed by atoms with van der Waals surface area (Å²) in [4.78, 5) is 0. The zero-order valence-electron chi connectivity index (χ0n) is 8.30. The third-order valence-electron chi connectivity index (χ3n) is 1.52. The van der Waals surface area contributed by atoms with E-state index in [0.717, 1.165) is 29.6 Å². The minimum atomic E-state index is 0. The normalized spacial score (nSPS) is 9.69. The van der Waals surface area contributed by atoms with Crippen molar-refractivity contribution in [3.63, 3.8) is 0 Å². The number of thioether (sulfide) groups is 1. The molecule has 0 saturated carbocycles. The van der Waals surface area contributed by atoms with Crippen LogP contribution in [-0.4, -0.2) is 12.8 Å². The zero-order chi connectivity index (χ0) is 8.81. The summed E-state index contributed by atoms with van der Waals surface area (Å²) in [6.07, 6.45) is 0. The Labute approximate surface area is 83.9 Å². The van der Waals surface area contributed by atoms with Gasteiger partial charge in [0, 0.05) is 0 Å². The van der Waals surface area contributed by atoms with Crippen LogP contribution in [0.5, 0.6) is 0 Å². The molecule has 0 atom stereocenters. The molecule has 0 amide bonds. The minimum Gasteiger partial charge on any atom is -0.464 e. The molecule has 0 aliphatic heterocycles. The maximum absolute atomic E-state index is 5.54. The van der Waals surface area contributed by atoms with Gasteiger partial charge in [-0.05, 0) is 24.9 Å². The van der Waals surface area contributed by atoms with Crippen molar-refractivity contribution in [1.29, 1.82) is 0 Å². The van der Waals surface area contributed by atoms with E-state index in [1.54, 1.807) is 0 Å². The van der Waals surface area contributed by atoms with Crippen molar-refractivity contribution >= 4 is 11.8 Å². The van der Waals surface area contributed by atoms with E-state index in [-0.39, 0.29) is 6.15 Å². The molecule has 4 heteroatoms. The molecule has 4 N–H and O–H groups in total. The fourth-order valence-electron chi connectivity index (χ4n) is 0.972. The average Bonchev–Trinajstić information content (AvgIpc) is 2.50. The lowest BCUT2D eigenvalue weighted by atomic mass is 10.4. The highest BCUT2D eigenvalue weighted by atomic mass is 32.2. The topological polar surface area (TPSA) is 60.2 Å². The molecule has 0 fully saturated rings. The maximum atomic E-state index is 5.54. The molecule has 76 valence electrons. The van der Waals surface area contributed by atoms with Gasteiger partial charge in [-0.15, -0.1) is 0 Å². The van der Waals surface area contributed by atoms with Crippen molar-refractivity contribution in [1.82, 2.24) is 11.5 Å². The maximum Gasteiger partial charge on any atom is 0.117 e. The van der Waals surface area contributed by atoms with Gasteiger partial charge in [0.05, 0.1) is 12.3 Å². The average molecular weight is 202 g/mol. The van der Waals surface area contributed by atoms with E-state index >= 15 is 0 Å². The van der Waals surface area contributed by atoms with Gasteiger partial charge in [0.15, 0.2) is 0 Å². The summed E-state index contributed by atoms with van der Waals surface area (Å²) in [5.41, 5.74) is 0. The molecule has 0 spiro atoms. The van der Waals surface area contributed by atoms with Crippen molar-refractivity contribution < 1.29 is 4.42 Å². The monoisotopic (exact) mass is 202 g/mol. The van der Waals surface area contributed by atoms with Gasteiger partial charge in [0.1, 0.15) is 11.5 Å². The molecule has 0 aliphatic carbocycles. The van der Waals surface area contributed by atoms with E-state index in [1.165, 1.54) is 0 Å². The molecule has 0 unspecified atom stereocenters. The van der Waals surface area contributed by atoms with Gasteiger partial charge >= 0.3 is 0 Å². The molecule has 13 heavy (non-hydrogen) atoms. The second kappa shape index (κ2) is 7.00. The quantitative estimate of drug-likeness (QED) is 0.769. The van der Waals surface area contributed by atoms with Crippen molar-refractivity contribution in [2.75, 3.05) is 12.8 Å².